The molecule has 0 radical (unpaired) electrons. The van der Waals surface area contributed by atoms with Gasteiger partial charge in [0.1, 0.15) is 0 Å². The second-order valence-corrected chi connectivity index (χ2v) is 7.77. The summed E-state index contributed by atoms with van der Waals surface area (Å²) in [6.45, 7) is 5.31. The topological polar surface area (TPSA) is 82.5 Å². The first-order chi connectivity index (χ1) is 14.5. The number of aryl methyl sites for hydroxylation is 1. The van der Waals surface area contributed by atoms with Crippen molar-refractivity contribution in [2.75, 3.05) is 13.2 Å². The highest BCUT2D eigenvalue weighted by atomic mass is 16.5. The smallest absolute Gasteiger partial charge is 0.274 e. The molecule has 1 aliphatic rings. The van der Waals surface area contributed by atoms with E-state index in [0.29, 0.717) is 29.7 Å². The predicted molar refractivity (Wildman–Crippen MR) is 114 cm³/mol. The maximum atomic E-state index is 13.2. The molecule has 30 heavy (non-hydrogen) atoms. The van der Waals surface area contributed by atoms with Crippen LogP contribution in [0.3, 0.4) is 0 Å². The van der Waals surface area contributed by atoms with Crippen molar-refractivity contribution >= 4 is 16.7 Å². The first kappa shape index (κ1) is 19.9. The number of amides is 1. The van der Waals surface area contributed by atoms with Crippen molar-refractivity contribution in [2.45, 2.75) is 26.3 Å². The van der Waals surface area contributed by atoms with Crippen molar-refractivity contribution in [3.63, 3.8) is 0 Å². The highest BCUT2D eigenvalue weighted by Gasteiger charge is 2.24. The zero-order valence-electron chi connectivity index (χ0n) is 17.3. The summed E-state index contributed by atoms with van der Waals surface area (Å²) in [5.41, 5.74) is 0.926. The predicted octanol–water partition coefficient (Wildman–Crippen LogP) is 3.22. The zero-order valence-corrected chi connectivity index (χ0v) is 17.3. The number of ether oxygens (including phenoxy) is 2. The number of carbonyl (C=O) groups excluding carboxylic acids is 1. The molecule has 0 aliphatic carbocycles. The van der Waals surface area contributed by atoms with E-state index in [1.165, 1.54) is 4.68 Å². The second kappa shape index (κ2) is 8.18. The number of fused-ring (bicyclic) bond motifs is 2. The number of nitrogens with one attached hydrogen (secondary N) is 1. The summed E-state index contributed by atoms with van der Waals surface area (Å²) in [7, 11) is 1.55. The number of nitrogens with zero attached hydrogens (tertiary/aromatic N) is 2. The third-order valence-corrected chi connectivity index (χ3v) is 5.26. The van der Waals surface area contributed by atoms with Gasteiger partial charge in [-0.05, 0) is 29.7 Å². The lowest BCUT2D eigenvalue weighted by Gasteiger charge is -2.24. The number of aromatic nitrogens is 2. The summed E-state index contributed by atoms with van der Waals surface area (Å²) in [4.78, 5) is 25.6. The standard InChI is InChI=1S/C23H25N3O4/c1-14(2)20(15-9-10-18-19(13-15)30-12-6-11-29-18)24-22(27)21-16-7-4-5-8-17(16)23(28)26(3)25-21/h4-5,7-10,13-14,20H,6,11-12H2,1-3H3,(H,24,27). The van der Waals surface area contributed by atoms with Crippen LogP contribution in [0.15, 0.2) is 47.3 Å². The normalized spacial score (nSPS) is 14.4. The second-order valence-electron chi connectivity index (χ2n) is 7.77. The summed E-state index contributed by atoms with van der Waals surface area (Å²) >= 11 is 0. The summed E-state index contributed by atoms with van der Waals surface area (Å²) in [6.07, 6.45) is 0.833. The van der Waals surface area contributed by atoms with E-state index in [1.807, 2.05) is 32.0 Å². The van der Waals surface area contributed by atoms with Crippen LogP contribution < -0.4 is 20.3 Å². The Balaban J connectivity index is 1.69. The Morgan fingerprint density at radius 3 is 2.50 bits per heavy atom. The Bertz CT molecular complexity index is 1150. The van der Waals surface area contributed by atoms with Crippen LogP contribution in [0.1, 0.15) is 42.4 Å². The van der Waals surface area contributed by atoms with E-state index in [1.54, 1.807) is 31.3 Å². The lowest BCUT2D eigenvalue weighted by atomic mass is 9.95. The molecular formula is C23H25N3O4. The van der Waals surface area contributed by atoms with Gasteiger partial charge in [0.15, 0.2) is 17.2 Å². The molecule has 3 aromatic rings. The SMILES string of the molecule is CC(C)C(NC(=O)c1nn(C)c(=O)c2ccccc12)c1ccc2c(c1)OCCCO2. The number of carbonyl (C=O) groups is 1. The van der Waals surface area contributed by atoms with Gasteiger partial charge >= 0.3 is 0 Å². The lowest BCUT2D eigenvalue weighted by Crippen LogP contribution is -2.34. The van der Waals surface area contributed by atoms with Gasteiger partial charge in [0, 0.05) is 18.9 Å². The van der Waals surface area contributed by atoms with Crippen LogP contribution in [0.25, 0.3) is 10.8 Å². The summed E-state index contributed by atoms with van der Waals surface area (Å²) in [6, 6.07) is 12.5. The molecule has 0 fully saturated rings. The van der Waals surface area contributed by atoms with Gasteiger partial charge in [0.05, 0.1) is 24.6 Å². The van der Waals surface area contributed by atoms with Crippen LogP contribution in [0, 0.1) is 5.92 Å². The Morgan fingerprint density at radius 2 is 1.77 bits per heavy atom. The fraction of sp³-hybridized carbons (Fsp3) is 0.348. The van der Waals surface area contributed by atoms with Crippen molar-refractivity contribution < 1.29 is 14.3 Å². The average Bonchev–Trinajstić information content (AvgIpc) is 2.99. The molecule has 1 atom stereocenters. The molecular weight excluding hydrogens is 382 g/mol. The average molecular weight is 407 g/mol. The monoisotopic (exact) mass is 407 g/mol. The van der Waals surface area contributed by atoms with Gasteiger partial charge in [0.25, 0.3) is 11.5 Å². The van der Waals surface area contributed by atoms with Crippen LogP contribution >= 0.6 is 0 Å². The van der Waals surface area contributed by atoms with Gasteiger partial charge in [0.2, 0.25) is 0 Å². The highest BCUT2D eigenvalue weighted by molar-refractivity contribution is 6.04. The third kappa shape index (κ3) is 3.75. The van der Waals surface area contributed by atoms with Gasteiger partial charge in [-0.15, -0.1) is 0 Å². The first-order valence-electron chi connectivity index (χ1n) is 10.1. The molecule has 1 N–H and O–H groups in total. The minimum atomic E-state index is -0.326. The molecule has 1 aromatic heterocycles. The summed E-state index contributed by atoms with van der Waals surface area (Å²) in [5, 5.41) is 8.34. The Morgan fingerprint density at radius 1 is 1.07 bits per heavy atom. The van der Waals surface area contributed by atoms with E-state index in [9.17, 15) is 9.59 Å². The quantitative estimate of drug-likeness (QED) is 0.718. The van der Waals surface area contributed by atoms with Crippen LogP contribution in [0.4, 0.5) is 0 Å². The summed E-state index contributed by atoms with van der Waals surface area (Å²) < 4.78 is 12.7. The van der Waals surface area contributed by atoms with Crippen LogP contribution in [-0.2, 0) is 7.05 Å². The maximum Gasteiger partial charge on any atom is 0.274 e. The van der Waals surface area contributed by atoms with Gasteiger partial charge in [-0.2, -0.15) is 5.10 Å². The molecule has 2 heterocycles. The molecule has 1 aliphatic heterocycles. The molecule has 156 valence electrons. The fourth-order valence-corrected chi connectivity index (χ4v) is 3.69. The fourth-order valence-electron chi connectivity index (χ4n) is 3.69. The number of benzene rings is 2. The molecule has 0 spiro atoms. The minimum Gasteiger partial charge on any atom is -0.490 e. The first-order valence-corrected chi connectivity index (χ1v) is 10.1. The van der Waals surface area contributed by atoms with Crippen molar-refractivity contribution in [1.82, 2.24) is 15.1 Å². The van der Waals surface area contributed by atoms with E-state index in [-0.39, 0.29) is 29.1 Å². The van der Waals surface area contributed by atoms with Crippen molar-refractivity contribution in [2.24, 2.45) is 13.0 Å². The van der Waals surface area contributed by atoms with Gasteiger partial charge in [-0.25, -0.2) is 4.68 Å². The zero-order chi connectivity index (χ0) is 21.3. The van der Waals surface area contributed by atoms with Crippen molar-refractivity contribution in [1.29, 1.82) is 0 Å². The van der Waals surface area contributed by atoms with Gasteiger partial charge in [-0.1, -0.05) is 38.1 Å². The van der Waals surface area contributed by atoms with Gasteiger partial charge < -0.3 is 14.8 Å². The molecule has 0 saturated heterocycles. The van der Waals surface area contributed by atoms with Crippen LogP contribution in [0.2, 0.25) is 0 Å². The molecule has 7 nitrogen and oxygen atoms in total. The van der Waals surface area contributed by atoms with E-state index < -0.39 is 0 Å². The van der Waals surface area contributed by atoms with E-state index >= 15 is 0 Å². The number of rotatable bonds is 4. The molecule has 2 aromatic carbocycles. The Labute approximate surface area is 174 Å². The molecule has 4 rings (SSSR count). The van der Waals surface area contributed by atoms with E-state index in [0.717, 1.165) is 17.7 Å². The third-order valence-electron chi connectivity index (χ3n) is 5.26. The lowest BCUT2D eigenvalue weighted by molar-refractivity contribution is 0.0920. The Kier molecular flexibility index (Phi) is 5.44. The highest BCUT2D eigenvalue weighted by Crippen LogP contribution is 2.34. The molecule has 7 heteroatoms. The van der Waals surface area contributed by atoms with Crippen molar-refractivity contribution in [3.8, 4) is 11.5 Å². The van der Waals surface area contributed by atoms with E-state index in [4.69, 9.17) is 9.47 Å². The molecule has 1 unspecified atom stereocenters. The van der Waals surface area contributed by atoms with Crippen LogP contribution in [0.5, 0.6) is 11.5 Å². The summed E-state index contributed by atoms with van der Waals surface area (Å²) in [5.74, 6) is 1.21. The molecule has 0 saturated carbocycles. The van der Waals surface area contributed by atoms with Crippen molar-refractivity contribution in [3.05, 3.63) is 64.1 Å². The molecule has 0 bridgehead atoms. The van der Waals surface area contributed by atoms with Crippen LogP contribution in [-0.4, -0.2) is 28.9 Å². The Hall–Kier alpha value is -3.35. The van der Waals surface area contributed by atoms with Gasteiger partial charge in [-0.3, -0.25) is 9.59 Å². The van der Waals surface area contributed by atoms with E-state index in [2.05, 4.69) is 10.4 Å². The minimum absolute atomic E-state index is 0.123. The largest absolute Gasteiger partial charge is 0.490 e. The molecule has 1 amide bonds. The number of hydrogen-bond donors (Lipinski definition) is 1. The maximum absolute atomic E-state index is 13.2. The number of hydrogen-bond acceptors (Lipinski definition) is 5.